The van der Waals surface area contributed by atoms with Gasteiger partial charge in [0, 0.05) is 18.9 Å². The number of carbonyl (C=O) groups excluding carboxylic acids is 3. The van der Waals surface area contributed by atoms with Crippen molar-refractivity contribution in [1.82, 2.24) is 16.0 Å². The van der Waals surface area contributed by atoms with Gasteiger partial charge in [-0.2, -0.15) is 0 Å². The predicted molar refractivity (Wildman–Crippen MR) is 99.3 cm³/mol. The van der Waals surface area contributed by atoms with Gasteiger partial charge in [-0.25, -0.2) is 4.79 Å². The molecule has 0 aliphatic carbocycles. The van der Waals surface area contributed by atoms with Gasteiger partial charge < -0.3 is 21.7 Å². The van der Waals surface area contributed by atoms with Crippen LogP contribution in [-0.4, -0.2) is 36.0 Å². The van der Waals surface area contributed by atoms with Crippen LogP contribution in [0, 0.1) is 0 Å². The van der Waals surface area contributed by atoms with Crippen molar-refractivity contribution in [3.8, 4) is 0 Å². The van der Waals surface area contributed by atoms with E-state index in [0.29, 0.717) is 12.8 Å². The standard InChI is InChI=1S/C19H28N4O3/c1-13-15(23-19(26)21-13)10-6-3-7-11-17(24)22-16(18(20)25)12-14-8-4-2-5-9-14/h2,4-5,8-9,13,15-16H,3,6-7,10-12H2,1H3,(H2,20,25)(H,22,24)(H2,21,23,26). The maximum absolute atomic E-state index is 12.1. The van der Waals surface area contributed by atoms with Crippen LogP contribution >= 0.6 is 0 Å². The van der Waals surface area contributed by atoms with Crippen molar-refractivity contribution in [2.45, 2.75) is 63.6 Å². The summed E-state index contributed by atoms with van der Waals surface area (Å²) in [6.45, 7) is 1.98. The van der Waals surface area contributed by atoms with Gasteiger partial charge in [-0.1, -0.05) is 43.2 Å². The zero-order chi connectivity index (χ0) is 18.9. The van der Waals surface area contributed by atoms with Crippen molar-refractivity contribution >= 4 is 17.8 Å². The summed E-state index contributed by atoms with van der Waals surface area (Å²) in [5, 5.41) is 8.43. The highest BCUT2D eigenvalue weighted by Gasteiger charge is 2.26. The largest absolute Gasteiger partial charge is 0.368 e. The minimum atomic E-state index is -0.689. The van der Waals surface area contributed by atoms with Crippen LogP contribution in [-0.2, 0) is 16.0 Å². The molecule has 1 aliphatic heterocycles. The fraction of sp³-hybridized carbons (Fsp3) is 0.526. The van der Waals surface area contributed by atoms with Crippen LogP contribution in [0.1, 0.15) is 44.6 Å². The maximum atomic E-state index is 12.1. The summed E-state index contributed by atoms with van der Waals surface area (Å²) < 4.78 is 0. The summed E-state index contributed by atoms with van der Waals surface area (Å²) >= 11 is 0. The first kappa shape index (κ1) is 19.8. The first-order valence-corrected chi connectivity index (χ1v) is 9.15. The quantitative estimate of drug-likeness (QED) is 0.470. The number of benzene rings is 1. The van der Waals surface area contributed by atoms with E-state index in [0.717, 1.165) is 31.2 Å². The summed E-state index contributed by atoms with van der Waals surface area (Å²) in [5.41, 5.74) is 6.37. The van der Waals surface area contributed by atoms with E-state index < -0.39 is 11.9 Å². The first-order valence-electron chi connectivity index (χ1n) is 9.15. The van der Waals surface area contributed by atoms with Gasteiger partial charge in [0.1, 0.15) is 6.04 Å². The summed E-state index contributed by atoms with van der Waals surface area (Å²) in [7, 11) is 0. The van der Waals surface area contributed by atoms with E-state index in [4.69, 9.17) is 5.73 Å². The lowest BCUT2D eigenvalue weighted by atomic mass is 10.0. The van der Waals surface area contributed by atoms with E-state index in [-0.39, 0.29) is 24.0 Å². The molecule has 1 aromatic carbocycles. The van der Waals surface area contributed by atoms with E-state index in [1.54, 1.807) is 0 Å². The number of primary amides is 1. The van der Waals surface area contributed by atoms with Crippen molar-refractivity contribution < 1.29 is 14.4 Å². The summed E-state index contributed by atoms with van der Waals surface area (Å²) in [5.74, 6) is -0.686. The number of rotatable bonds is 10. The Morgan fingerprint density at radius 1 is 1.15 bits per heavy atom. The number of carbonyl (C=O) groups is 3. The second-order valence-corrected chi connectivity index (χ2v) is 6.82. The zero-order valence-corrected chi connectivity index (χ0v) is 15.2. The molecule has 5 N–H and O–H groups in total. The molecule has 1 saturated heterocycles. The number of unbranched alkanes of at least 4 members (excludes halogenated alkanes) is 2. The Bertz CT molecular complexity index is 620. The molecule has 2 rings (SSSR count). The van der Waals surface area contributed by atoms with E-state index in [1.807, 2.05) is 37.3 Å². The molecule has 142 valence electrons. The molecule has 0 spiro atoms. The first-order chi connectivity index (χ1) is 12.5. The lowest BCUT2D eigenvalue weighted by Gasteiger charge is -2.16. The van der Waals surface area contributed by atoms with Gasteiger partial charge in [-0.15, -0.1) is 0 Å². The van der Waals surface area contributed by atoms with Crippen molar-refractivity contribution in [3.05, 3.63) is 35.9 Å². The van der Waals surface area contributed by atoms with E-state index >= 15 is 0 Å². The van der Waals surface area contributed by atoms with E-state index in [2.05, 4.69) is 16.0 Å². The molecule has 0 aromatic heterocycles. The Balaban J connectivity index is 1.65. The lowest BCUT2D eigenvalue weighted by Crippen LogP contribution is -2.45. The molecule has 3 atom stereocenters. The molecule has 4 amide bonds. The van der Waals surface area contributed by atoms with Gasteiger partial charge >= 0.3 is 6.03 Å². The topological polar surface area (TPSA) is 113 Å². The van der Waals surface area contributed by atoms with Gasteiger partial charge in [0.2, 0.25) is 11.8 Å². The van der Waals surface area contributed by atoms with E-state index in [1.165, 1.54) is 0 Å². The van der Waals surface area contributed by atoms with Crippen LogP contribution in [0.15, 0.2) is 30.3 Å². The van der Waals surface area contributed by atoms with Crippen LogP contribution in [0.25, 0.3) is 0 Å². The van der Waals surface area contributed by atoms with E-state index in [9.17, 15) is 14.4 Å². The van der Waals surface area contributed by atoms with Gasteiger partial charge in [0.05, 0.1) is 6.04 Å². The third-order valence-corrected chi connectivity index (χ3v) is 4.66. The molecule has 1 heterocycles. The molecule has 1 fully saturated rings. The number of nitrogens with one attached hydrogen (secondary N) is 3. The fourth-order valence-corrected chi connectivity index (χ4v) is 3.13. The van der Waals surface area contributed by atoms with Crippen LogP contribution in [0.5, 0.6) is 0 Å². The number of urea groups is 1. The molecule has 1 aliphatic rings. The molecule has 0 bridgehead atoms. The molecule has 0 radical (unpaired) electrons. The molecule has 26 heavy (non-hydrogen) atoms. The molecule has 1 aromatic rings. The monoisotopic (exact) mass is 360 g/mol. The molecule has 0 saturated carbocycles. The molecule has 7 heteroatoms. The van der Waals surface area contributed by atoms with Gasteiger partial charge in [0.15, 0.2) is 0 Å². The Morgan fingerprint density at radius 2 is 1.88 bits per heavy atom. The summed E-state index contributed by atoms with van der Waals surface area (Å²) in [6, 6.07) is 8.97. The van der Waals surface area contributed by atoms with Crippen LogP contribution in [0.3, 0.4) is 0 Å². The number of amides is 4. The third kappa shape index (κ3) is 6.38. The second kappa shape index (κ2) is 9.79. The van der Waals surface area contributed by atoms with Crippen LogP contribution in [0.2, 0.25) is 0 Å². The molecule has 7 nitrogen and oxygen atoms in total. The van der Waals surface area contributed by atoms with Crippen molar-refractivity contribution in [3.63, 3.8) is 0 Å². The summed E-state index contributed by atoms with van der Waals surface area (Å²) in [4.78, 5) is 34.9. The Labute approximate surface area is 154 Å². The Kier molecular flexibility index (Phi) is 7.44. The van der Waals surface area contributed by atoms with Crippen LogP contribution < -0.4 is 21.7 Å². The Hall–Kier alpha value is -2.57. The molecular formula is C19H28N4O3. The zero-order valence-electron chi connectivity index (χ0n) is 15.2. The normalized spacial score (nSPS) is 20.1. The number of hydrogen-bond acceptors (Lipinski definition) is 3. The predicted octanol–water partition coefficient (Wildman–Crippen LogP) is 1.22. The number of nitrogens with two attached hydrogens (primary N) is 1. The highest BCUT2D eigenvalue weighted by molar-refractivity contribution is 5.86. The smallest absolute Gasteiger partial charge is 0.315 e. The van der Waals surface area contributed by atoms with Crippen molar-refractivity contribution in [2.75, 3.05) is 0 Å². The van der Waals surface area contributed by atoms with Crippen molar-refractivity contribution in [2.24, 2.45) is 5.73 Å². The highest BCUT2D eigenvalue weighted by Crippen LogP contribution is 2.12. The lowest BCUT2D eigenvalue weighted by molar-refractivity contribution is -0.127. The fourth-order valence-electron chi connectivity index (χ4n) is 3.13. The Morgan fingerprint density at radius 3 is 2.50 bits per heavy atom. The average molecular weight is 360 g/mol. The third-order valence-electron chi connectivity index (χ3n) is 4.66. The summed E-state index contributed by atoms with van der Waals surface area (Å²) in [6.07, 6.45) is 4.22. The maximum Gasteiger partial charge on any atom is 0.315 e. The minimum Gasteiger partial charge on any atom is -0.368 e. The van der Waals surface area contributed by atoms with Gasteiger partial charge in [-0.3, -0.25) is 9.59 Å². The number of hydrogen-bond donors (Lipinski definition) is 4. The van der Waals surface area contributed by atoms with Crippen LogP contribution in [0.4, 0.5) is 4.79 Å². The molecular weight excluding hydrogens is 332 g/mol. The second-order valence-electron chi connectivity index (χ2n) is 6.82. The van der Waals surface area contributed by atoms with Gasteiger partial charge in [0.25, 0.3) is 0 Å². The minimum absolute atomic E-state index is 0.113. The SMILES string of the molecule is CC1NC(=O)NC1CCCCCC(=O)NC(Cc1ccccc1)C(N)=O. The average Bonchev–Trinajstić information content (AvgIpc) is 2.92. The highest BCUT2D eigenvalue weighted by atomic mass is 16.2. The van der Waals surface area contributed by atoms with Gasteiger partial charge in [-0.05, 0) is 25.3 Å². The molecule has 3 unspecified atom stereocenters. The van der Waals surface area contributed by atoms with Crippen molar-refractivity contribution in [1.29, 1.82) is 0 Å².